The van der Waals surface area contributed by atoms with E-state index in [1.165, 1.54) is 18.2 Å². The van der Waals surface area contributed by atoms with Gasteiger partial charge >= 0.3 is 0 Å². The van der Waals surface area contributed by atoms with Crippen molar-refractivity contribution in [2.75, 3.05) is 0 Å². The highest BCUT2D eigenvalue weighted by molar-refractivity contribution is 5.97. The van der Waals surface area contributed by atoms with E-state index < -0.39 is 23.2 Å². The SMILES string of the molecule is Cc1ccc(F)c(C(=O)Cc2ccc(F)cc2F)c1. The minimum Gasteiger partial charge on any atom is -0.294 e. The van der Waals surface area contributed by atoms with Crippen LogP contribution in [0.1, 0.15) is 21.5 Å². The molecule has 0 heterocycles. The first-order valence-electron chi connectivity index (χ1n) is 5.70. The van der Waals surface area contributed by atoms with Gasteiger partial charge in [0.2, 0.25) is 0 Å². The lowest BCUT2D eigenvalue weighted by Crippen LogP contribution is -2.08. The lowest BCUT2D eigenvalue weighted by Gasteiger charge is -2.05. The Morgan fingerprint density at radius 3 is 2.42 bits per heavy atom. The maximum Gasteiger partial charge on any atom is 0.170 e. The summed E-state index contributed by atoms with van der Waals surface area (Å²) in [6.07, 6.45) is -0.299. The van der Waals surface area contributed by atoms with Crippen LogP contribution in [0.5, 0.6) is 0 Å². The summed E-state index contributed by atoms with van der Waals surface area (Å²) in [4.78, 5) is 11.9. The highest BCUT2D eigenvalue weighted by atomic mass is 19.1. The van der Waals surface area contributed by atoms with Crippen molar-refractivity contribution in [3.63, 3.8) is 0 Å². The summed E-state index contributed by atoms with van der Waals surface area (Å²) >= 11 is 0. The number of halogens is 3. The highest BCUT2D eigenvalue weighted by Gasteiger charge is 2.15. The molecule has 0 saturated heterocycles. The molecule has 0 saturated carbocycles. The standard InChI is InChI=1S/C15H11F3O/c1-9-2-5-13(17)12(6-9)15(19)7-10-3-4-11(16)8-14(10)18/h2-6,8H,7H2,1H3. The molecule has 0 atom stereocenters. The van der Waals surface area contributed by atoms with E-state index >= 15 is 0 Å². The number of rotatable bonds is 3. The van der Waals surface area contributed by atoms with E-state index in [1.54, 1.807) is 13.0 Å². The van der Waals surface area contributed by atoms with E-state index in [1.807, 2.05) is 0 Å². The van der Waals surface area contributed by atoms with Crippen molar-refractivity contribution < 1.29 is 18.0 Å². The van der Waals surface area contributed by atoms with Crippen LogP contribution in [0.4, 0.5) is 13.2 Å². The summed E-state index contributed by atoms with van der Waals surface area (Å²) < 4.78 is 39.7. The fraction of sp³-hybridized carbons (Fsp3) is 0.133. The normalized spacial score (nSPS) is 10.5. The Hall–Kier alpha value is -2.10. The largest absolute Gasteiger partial charge is 0.294 e. The monoisotopic (exact) mass is 264 g/mol. The van der Waals surface area contributed by atoms with Crippen molar-refractivity contribution in [2.45, 2.75) is 13.3 Å². The van der Waals surface area contributed by atoms with Crippen molar-refractivity contribution in [1.29, 1.82) is 0 Å². The van der Waals surface area contributed by atoms with E-state index in [2.05, 4.69) is 0 Å². The van der Waals surface area contributed by atoms with Gasteiger partial charge in [0.25, 0.3) is 0 Å². The number of carbonyl (C=O) groups is 1. The topological polar surface area (TPSA) is 17.1 Å². The van der Waals surface area contributed by atoms with Crippen LogP contribution in [-0.2, 0) is 6.42 Å². The molecule has 0 bridgehead atoms. The summed E-state index contributed by atoms with van der Waals surface area (Å²) in [5.41, 5.74) is 0.709. The summed E-state index contributed by atoms with van der Waals surface area (Å²) in [6.45, 7) is 1.73. The molecule has 2 rings (SSSR count). The predicted octanol–water partition coefficient (Wildman–Crippen LogP) is 3.84. The Balaban J connectivity index is 2.28. The van der Waals surface area contributed by atoms with Crippen molar-refractivity contribution >= 4 is 5.78 Å². The number of aryl methyl sites for hydroxylation is 1. The molecule has 0 aliphatic heterocycles. The summed E-state index contributed by atoms with van der Waals surface area (Å²) in [5.74, 6) is -2.69. The molecule has 0 N–H and O–H groups in total. The number of hydrogen-bond donors (Lipinski definition) is 0. The van der Waals surface area contributed by atoms with Gasteiger partial charge in [-0.15, -0.1) is 0 Å². The molecule has 98 valence electrons. The van der Waals surface area contributed by atoms with E-state index in [0.29, 0.717) is 6.07 Å². The average molecular weight is 264 g/mol. The highest BCUT2D eigenvalue weighted by Crippen LogP contribution is 2.16. The summed E-state index contributed by atoms with van der Waals surface area (Å²) in [7, 11) is 0. The lowest BCUT2D eigenvalue weighted by atomic mass is 10.0. The second kappa shape index (κ2) is 5.26. The van der Waals surface area contributed by atoms with Crippen LogP contribution in [0.2, 0.25) is 0 Å². The van der Waals surface area contributed by atoms with Crippen LogP contribution in [0.25, 0.3) is 0 Å². The van der Waals surface area contributed by atoms with Crippen molar-refractivity contribution in [3.05, 3.63) is 70.5 Å². The molecule has 0 spiro atoms. The number of hydrogen-bond acceptors (Lipinski definition) is 1. The molecule has 2 aromatic carbocycles. The number of benzene rings is 2. The van der Waals surface area contributed by atoms with Gasteiger partial charge in [-0.3, -0.25) is 4.79 Å². The van der Waals surface area contributed by atoms with Crippen LogP contribution in [-0.4, -0.2) is 5.78 Å². The molecular formula is C15H11F3O. The lowest BCUT2D eigenvalue weighted by molar-refractivity contribution is 0.0988. The quantitative estimate of drug-likeness (QED) is 0.770. The first-order valence-corrected chi connectivity index (χ1v) is 5.70. The number of carbonyl (C=O) groups excluding carboxylic acids is 1. The fourth-order valence-corrected chi connectivity index (χ4v) is 1.79. The van der Waals surface area contributed by atoms with E-state index in [4.69, 9.17) is 0 Å². The molecule has 2 aromatic rings. The van der Waals surface area contributed by atoms with Crippen LogP contribution in [0.3, 0.4) is 0 Å². The van der Waals surface area contributed by atoms with Gasteiger partial charge in [0, 0.05) is 12.5 Å². The van der Waals surface area contributed by atoms with Gasteiger partial charge in [0.05, 0.1) is 5.56 Å². The smallest absolute Gasteiger partial charge is 0.170 e. The van der Waals surface area contributed by atoms with Gasteiger partial charge in [0.15, 0.2) is 5.78 Å². The van der Waals surface area contributed by atoms with E-state index in [9.17, 15) is 18.0 Å². The first-order chi connectivity index (χ1) is 8.97. The minimum atomic E-state index is -0.804. The molecule has 1 nitrogen and oxygen atoms in total. The Labute approximate surface area is 108 Å². The molecule has 0 fully saturated rings. The summed E-state index contributed by atoms with van der Waals surface area (Å²) in [5, 5.41) is 0. The van der Waals surface area contributed by atoms with Crippen molar-refractivity contribution in [3.8, 4) is 0 Å². The third kappa shape index (κ3) is 3.02. The zero-order valence-corrected chi connectivity index (χ0v) is 10.2. The van der Waals surface area contributed by atoms with Gasteiger partial charge in [-0.2, -0.15) is 0 Å². The van der Waals surface area contributed by atoms with Gasteiger partial charge < -0.3 is 0 Å². The van der Waals surface area contributed by atoms with Crippen LogP contribution >= 0.6 is 0 Å². The molecule has 0 aliphatic carbocycles. The molecule has 0 aromatic heterocycles. The number of Topliss-reactive ketones (excluding diaryl/α,β-unsaturated/α-hetero) is 1. The predicted molar refractivity (Wildman–Crippen MR) is 65.5 cm³/mol. The molecular weight excluding hydrogens is 253 g/mol. The number of ketones is 1. The van der Waals surface area contributed by atoms with E-state index in [-0.39, 0.29) is 17.5 Å². The molecule has 0 unspecified atom stereocenters. The maximum absolute atomic E-state index is 13.5. The zero-order chi connectivity index (χ0) is 14.0. The summed E-state index contributed by atoms with van der Waals surface area (Å²) in [6, 6.07) is 7.12. The van der Waals surface area contributed by atoms with Gasteiger partial charge in [0.1, 0.15) is 17.5 Å². The van der Waals surface area contributed by atoms with Gasteiger partial charge in [-0.25, -0.2) is 13.2 Å². The minimum absolute atomic E-state index is 0.0484. The molecule has 4 heteroatoms. The molecule has 19 heavy (non-hydrogen) atoms. The fourth-order valence-electron chi connectivity index (χ4n) is 1.79. The maximum atomic E-state index is 13.5. The molecule has 0 amide bonds. The second-order valence-corrected chi connectivity index (χ2v) is 4.32. The average Bonchev–Trinajstić information content (AvgIpc) is 2.35. The van der Waals surface area contributed by atoms with Crippen molar-refractivity contribution in [2.24, 2.45) is 0 Å². The van der Waals surface area contributed by atoms with Gasteiger partial charge in [-0.1, -0.05) is 17.7 Å². The van der Waals surface area contributed by atoms with Crippen molar-refractivity contribution in [1.82, 2.24) is 0 Å². The Bertz CT molecular complexity index is 635. The third-order valence-electron chi connectivity index (χ3n) is 2.79. The second-order valence-electron chi connectivity index (χ2n) is 4.32. The molecule has 0 radical (unpaired) electrons. The Morgan fingerprint density at radius 2 is 1.74 bits per heavy atom. The first kappa shape index (κ1) is 13.3. The van der Waals surface area contributed by atoms with Crippen LogP contribution in [0.15, 0.2) is 36.4 Å². The Kier molecular flexibility index (Phi) is 3.69. The Morgan fingerprint density at radius 1 is 1.00 bits per heavy atom. The van der Waals surface area contributed by atoms with Gasteiger partial charge in [-0.05, 0) is 30.7 Å². The van der Waals surface area contributed by atoms with Crippen LogP contribution < -0.4 is 0 Å². The molecule has 0 aliphatic rings. The zero-order valence-electron chi connectivity index (χ0n) is 10.2. The third-order valence-corrected chi connectivity index (χ3v) is 2.79. The van der Waals surface area contributed by atoms with E-state index in [0.717, 1.165) is 11.6 Å². The van der Waals surface area contributed by atoms with Crippen LogP contribution in [0, 0.1) is 24.4 Å².